The first-order valence-corrected chi connectivity index (χ1v) is 9.39. The third kappa shape index (κ3) is 3.90. The number of nitrogens with one attached hydrogen (secondary N) is 1. The van der Waals surface area contributed by atoms with Crippen molar-refractivity contribution in [2.24, 2.45) is 17.6 Å². The molecule has 140 valence electrons. The number of carbonyl (C=O) groups excluding carboxylic acids is 1. The molecule has 0 aliphatic carbocycles. The van der Waals surface area contributed by atoms with E-state index in [4.69, 9.17) is 0 Å². The molecule has 3 aromatic rings. The molecule has 0 aliphatic heterocycles. The van der Waals surface area contributed by atoms with E-state index in [9.17, 15) is 9.90 Å². The molecule has 0 fully saturated rings. The highest BCUT2D eigenvalue weighted by Crippen LogP contribution is 2.27. The maximum Gasteiger partial charge on any atom is 0.275 e. The van der Waals surface area contributed by atoms with Crippen LogP contribution >= 0.6 is 15.9 Å². The fourth-order valence-electron chi connectivity index (χ4n) is 2.98. The Morgan fingerprint density at radius 2 is 1.85 bits per heavy atom. The lowest BCUT2D eigenvalue weighted by Gasteiger charge is -2.22. The van der Waals surface area contributed by atoms with Crippen LogP contribution in [0.1, 0.15) is 36.8 Å². The highest BCUT2D eigenvalue weighted by molar-refractivity contribution is 9.10. The highest BCUT2D eigenvalue weighted by atomic mass is 79.9. The van der Waals surface area contributed by atoms with E-state index >= 15 is 0 Å². The maximum absolute atomic E-state index is 12.5. The van der Waals surface area contributed by atoms with Gasteiger partial charge in [0.15, 0.2) is 0 Å². The molecule has 1 heterocycles. The minimum atomic E-state index is -0.464. The fraction of sp³-hybridized carbons (Fsp3) is 0.238. The molecule has 0 atom stereocenters. The second-order valence-corrected chi connectivity index (χ2v) is 8.38. The van der Waals surface area contributed by atoms with Crippen molar-refractivity contribution in [2.45, 2.75) is 20.8 Å². The van der Waals surface area contributed by atoms with Crippen molar-refractivity contribution < 1.29 is 9.90 Å². The number of carbonyl (C=O) groups is 1. The molecule has 6 heteroatoms. The number of rotatable bonds is 3. The fourth-order valence-corrected chi connectivity index (χ4v) is 3.34. The predicted molar refractivity (Wildman–Crippen MR) is 112 cm³/mol. The van der Waals surface area contributed by atoms with Crippen LogP contribution in [0.5, 0.6) is 5.75 Å². The summed E-state index contributed by atoms with van der Waals surface area (Å²) in [5, 5.41) is 15.5. The average molecular weight is 428 g/mol. The van der Waals surface area contributed by atoms with Gasteiger partial charge in [-0.3, -0.25) is 4.79 Å². The summed E-state index contributed by atoms with van der Waals surface area (Å²) in [6, 6.07) is 14.9. The Balaban J connectivity index is 2.01. The lowest BCUT2D eigenvalue weighted by molar-refractivity contribution is 0.0952. The first-order valence-electron chi connectivity index (χ1n) is 8.60. The molecule has 27 heavy (non-hydrogen) atoms. The summed E-state index contributed by atoms with van der Waals surface area (Å²) in [6.07, 6.45) is 0. The van der Waals surface area contributed by atoms with E-state index in [2.05, 4.69) is 49.2 Å². The zero-order chi connectivity index (χ0) is 19.8. The Labute approximate surface area is 166 Å². The number of aromatic nitrogens is 1. The number of benzene rings is 2. The minimum Gasteiger partial charge on any atom is -0.507 e. The SMILES string of the molecule is Cn1c(/C(=N\NC(=O)c2cc(Br)ccc2O)C(C)(C)C)cc2ccccc21. The van der Waals surface area contributed by atoms with E-state index in [0.717, 1.165) is 22.3 Å². The standard InChI is InChI=1S/C21H22BrN3O2/c1-21(2,3)19(17-11-13-7-5-6-8-16(13)25(17)4)23-24-20(27)15-12-14(22)9-10-18(15)26/h5-12,26H,1-4H3,(H,24,27)/b23-19+. The van der Waals surface area contributed by atoms with Crippen LogP contribution in [-0.2, 0) is 7.05 Å². The smallest absolute Gasteiger partial charge is 0.275 e. The van der Waals surface area contributed by atoms with Gasteiger partial charge in [-0.15, -0.1) is 0 Å². The lowest BCUT2D eigenvalue weighted by atomic mass is 9.88. The Kier molecular flexibility index (Phi) is 5.11. The second-order valence-electron chi connectivity index (χ2n) is 7.46. The molecule has 0 bridgehead atoms. The first kappa shape index (κ1) is 19.2. The Morgan fingerprint density at radius 1 is 1.15 bits per heavy atom. The molecule has 2 aromatic carbocycles. The largest absolute Gasteiger partial charge is 0.507 e. The van der Waals surface area contributed by atoms with Crippen molar-refractivity contribution in [3.63, 3.8) is 0 Å². The number of aromatic hydroxyl groups is 1. The Hall–Kier alpha value is -2.60. The topological polar surface area (TPSA) is 66.6 Å². The zero-order valence-corrected chi connectivity index (χ0v) is 17.3. The summed E-state index contributed by atoms with van der Waals surface area (Å²) < 4.78 is 2.78. The zero-order valence-electron chi connectivity index (χ0n) is 15.7. The van der Waals surface area contributed by atoms with E-state index in [0.29, 0.717) is 4.47 Å². The average Bonchev–Trinajstić information content (AvgIpc) is 2.93. The summed E-state index contributed by atoms with van der Waals surface area (Å²) in [5.74, 6) is -0.554. The Morgan fingerprint density at radius 3 is 2.52 bits per heavy atom. The number of hydrogen-bond donors (Lipinski definition) is 2. The van der Waals surface area contributed by atoms with Gasteiger partial charge in [-0.25, -0.2) is 5.43 Å². The van der Waals surface area contributed by atoms with Crippen molar-refractivity contribution in [2.75, 3.05) is 0 Å². The van der Waals surface area contributed by atoms with E-state index in [1.165, 1.54) is 6.07 Å². The summed E-state index contributed by atoms with van der Waals surface area (Å²) in [7, 11) is 1.99. The van der Waals surface area contributed by atoms with Crippen LogP contribution in [0, 0.1) is 5.41 Å². The molecule has 5 nitrogen and oxygen atoms in total. The van der Waals surface area contributed by atoms with Gasteiger partial charge >= 0.3 is 0 Å². The number of fused-ring (bicyclic) bond motifs is 1. The quantitative estimate of drug-likeness (QED) is 0.464. The first-order chi connectivity index (χ1) is 12.7. The molecule has 0 unspecified atom stereocenters. The van der Waals surface area contributed by atoms with Gasteiger partial charge < -0.3 is 9.67 Å². The molecule has 0 spiro atoms. The minimum absolute atomic E-state index is 0.0900. The number of para-hydroxylation sites is 1. The molecule has 2 N–H and O–H groups in total. The van der Waals surface area contributed by atoms with Crippen LogP contribution in [0.15, 0.2) is 58.1 Å². The van der Waals surface area contributed by atoms with Crippen LogP contribution in [-0.4, -0.2) is 21.3 Å². The summed E-state index contributed by atoms with van der Waals surface area (Å²) in [5.41, 5.74) is 5.25. The van der Waals surface area contributed by atoms with Crippen LogP contribution in [0.4, 0.5) is 0 Å². The normalized spacial score (nSPS) is 12.4. The number of phenols is 1. The summed E-state index contributed by atoms with van der Waals surface area (Å²) >= 11 is 3.31. The molecule has 0 saturated carbocycles. The highest BCUT2D eigenvalue weighted by Gasteiger charge is 2.25. The van der Waals surface area contributed by atoms with Crippen molar-refractivity contribution in [1.82, 2.24) is 9.99 Å². The van der Waals surface area contributed by atoms with Gasteiger partial charge in [0.25, 0.3) is 5.91 Å². The van der Waals surface area contributed by atoms with E-state index in [-0.39, 0.29) is 16.7 Å². The van der Waals surface area contributed by atoms with Crippen LogP contribution in [0.3, 0.4) is 0 Å². The summed E-state index contributed by atoms with van der Waals surface area (Å²) in [4.78, 5) is 12.5. The van der Waals surface area contributed by atoms with Crippen LogP contribution in [0.2, 0.25) is 0 Å². The molecule has 1 amide bonds. The predicted octanol–water partition coefficient (Wildman–Crippen LogP) is 4.83. The van der Waals surface area contributed by atoms with Gasteiger partial charge in [0.2, 0.25) is 0 Å². The number of halogens is 1. The van der Waals surface area contributed by atoms with E-state index < -0.39 is 5.91 Å². The van der Waals surface area contributed by atoms with Crippen molar-refractivity contribution in [1.29, 1.82) is 0 Å². The van der Waals surface area contributed by atoms with Gasteiger partial charge in [0.05, 0.1) is 17.0 Å². The molecular formula is C21H22BrN3O2. The van der Waals surface area contributed by atoms with Gasteiger partial charge in [-0.1, -0.05) is 54.9 Å². The number of hydrazone groups is 1. The maximum atomic E-state index is 12.5. The summed E-state index contributed by atoms with van der Waals surface area (Å²) in [6.45, 7) is 6.14. The third-order valence-corrected chi connectivity index (χ3v) is 4.87. The second kappa shape index (κ2) is 7.19. The van der Waals surface area contributed by atoms with Crippen LogP contribution in [0.25, 0.3) is 10.9 Å². The van der Waals surface area contributed by atoms with E-state index in [1.54, 1.807) is 12.1 Å². The van der Waals surface area contributed by atoms with Crippen molar-refractivity contribution >= 4 is 38.5 Å². The third-order valence-electron chi connectivity index (χ3n) is 4.38. The monoisotopic (exact) mass is 427 g/mol. The molecule has 0 radical (unpaired) electrons. The van der Waals surface area contributed by atoms with E-state index in [1.807, 2.05) is 40.0 Å². The number of amides is 1. The molecule has 0 aliphatic rings. The number of hydrogen-bond acceptors (Lipinski definition) is 3. The molecule has 1 aromatic heterocycles. The van der Waals surface area contributed by atoms with Crippen molar-refractivity contribution in [3.8, 4) is 5.75 Å². The van der Waals surface area contributed by atoms with Crippen LogP contribution < -0.4 is 5.43 Å². The molecular weight excluding hydrogens is 406 g/mol. The van der Waals surface area contributed by atoms with Gasteiger partial charge in [-0.2, -0.15) is 5.10 Å². The molecule has 0 saturated heterocycles. The van der Waals surface area contributed by atoms with Gasteiger partial charge in [0.1, 0.15) is 5.75 Å². The van der Waals surface area contributed by atoms with Gasteiger partial charge in [-0.05, 0) is 30.3 Å². The Bertz CT molecular complexity index is 1050. The lowest BCUT2D eigenvalue weighted by Crippen LogP contribution is -2.29. The number of aryl methyl sites for hydroxylation is 1. The molecule has 3 rings (SSSR count). The number of nitrogens with zero attached hydrogens (tertiary/aromatic N) is 2. The van der Waals surface area contributed by atoms with Crippen molar-refractivity contribution in [3.05, 3.63) is 64.3 Å². The van der Waals surface area contributed by atoms with Gasteiger partial charge in [0, 0.05) is 27.8 Å². The number of phenolic OH excluding ortho intramolecular Hbond substituents is 1.